The van der Waals surface area contributed by atoms with Crippen molar-refractivity contribution in [3.63, 3.8) is 0 Å². The summed E-state index contributed by atoms with van der Waals surface area (Å²) in [5, 5.41) is 8.86. The van der Waals surface area contributed by atoms with Crippen LogP contribution in [-0.2, 0) is 0 Å². The molecule has 5 nitrogen and oxygen atoms in total. The highest BCUT2D eigenvalue weighted by molar-refractivity contribution is 5.90. The molecule has 0 saturated heterocycles. The molecule has 5 heteroatoms. The van der Waals surface area contributed by atoms with E-state index >= 15 is 0 Å². The molecular weight excluding hydrogens is 208 g/mol. The van der Waals surface area contributed by atoms with Gasteiger partial charge >= 0.3 is 0 Å². The lowest BCUT2D eigenvalue weighted by Gasteiger charge is -2.05. The smallest absolute Gasteiger partial charge is 0.267 e. The van der Waals surface area contributed by atoms with Crippen molar-refractivity contribution < 1.29 is 14.6 Å². The lowest BCUT2D eigenvalue weighted by Crippen LogP contribution is -2.13. The van der Waals surface area contributed by atoms with Crippen molar-refractivity contribution in [1.29, 1.82) is 0 Å². The maximum Gasteiger partial charge on any atom is 0.267 e. The number of aliphatic hydroxyl groups is 1. The minimum Gasteiger partial charge on any atom is -0.477 e. The van der Waals surface area contributed by atoms with Gasteiger partial charge in [-0.15, -0.1) is 0 Å². The minimum atomic E-state index is -0.565. The summed E-state index contributed by atoms with van der Waals surface area (Å²) in [6, 6.07) is 4.91. The normalized spacial score (nSPS) is 22.8. The highest BCUT2D eigenvalue weighted by Crippen LogP contribution is 2.37. The van der Waals surface area contributed by atoms with Gasteiger partial charge in [0.2, 0.25) is 5.88 Å². The van der Waals surface area contributed by atoms with Crippen molar-refractivity contribution in [2.75, 3.05) is 13.2 Å². The molecule has 0 bridgehead atoms. The summed E-state index contributed by atoms with van der Waals surface area (Å²) in [6.45, 7) is 0.739. The number of primary amides is 1. The van der Waals surface area contributed by atoms with E-state index in [2.05, 4.69) is 4.98 Å². The summed E-state index contributed by atoms with van der Waals surface area (Å²) in [6.07, 6.45) is 0.992. The van der Waals surface area contributed by atoms with Crippen LogP contribution in [0.4, 0.5) is 0 Å². The third-order valence-electron chi connectivity index (χ3n) is 2.72. The summed E-state index contributed by atoms with van der Waals surface area (Å²) in [5.74, 6) is 0.605. The Morgan fingerprint density at radius 3 is 3.00 bits per heavy atom. The van der Waals surface area contributed by atoms with E-state index in [4.69, 9.17) is 15.6 Å². The average molecular weight is 222 g/mol. The summed E-state index contributed by atoms with van der Waals surface area (Å²) in [5.41, 5.74) is 5.31. The first kappa shape index (κ1) is 10.9. The molecule has 2 rings (SSSR count). The number of carbonyl (C=O) groups is 1. The number of aliphatic hydroxyl groups excluding tert-OH is 1. The lowest BCUT2D eigenvalue weighted by molar-refractivity contribution is 0.0994. The molecule has 2 atom stereocenters. The molecule has 1 aliphatic rings. The van der Waals surface area contributed by atoms with E-state index in [1.54, 1.807) is 18.2 Å². The molecule has 16 heavy (non-hydrogen) atoms. The third-order valence-corrected chi connectivity index (χ3v) is 2.72. The van der Waals surface area contributed by atoms with Crippen molar-refractivity contribution in [1.82, 2.24) is 4.98 Å². The van der Waals surface area contributed by atoms with E-state index in [1.165, 1.54) is 0 Å². The predicted molar refractivity (Wildman–Crippen MR) is 56.9 cm³/mol. The fourth-order valence-electron chi connectivity index (χ4n) is 1.56. The Balaban J connectivity index is 1.89. The van der Waals surface area contributed by atoms with Crippen LogP contribution in [0, 0.1) is 11.8 Å². The lowest BCUT2D eigenvalue weighted by atomic mass is 10.3. The predicted octanol–water partition coefficient (Wildman–Crippen LogP) is 0.188. The summed E-state index contributed by atoms with van der Waals surface area (Å²) < 4.78 is 5.42. The van der Waals surface area contributed by atoms with Crippen LogP contribution in [0.1, 0.15) is 16.9 Å². The van der Waals surface area contributed by atoms with Crippen LogP contribution in [0.5, 0.6) is 5.88 Å². The number of pyridine rings is 1. The highest BCUT2D eigenvalue weighted by Gasteiger charge is 2.36. The van der Waals surface area contributed by atoms with Gasteiger partial charge < -0.3 is 15.6 Å². The number of nitrogens with two attached hydrogens (primary N) is 1. The Kier molecular flexibility index (Phi) is 3.05. The molecule has 0 aromatic carbocycles. The summed E-state index contributed by atoms with van der Waals surface area (Å²) in [4.78, 5) is 14.8. The van der Waals surface area contributed by atoms with Gasteiger partial charge in [0.25, 0.3) is 5.91 Å². The first-order valence-electron chi connectivity index (χ1n) is 5.21. The van der Waals surface area contributed by atoms with Crippen LogP contribution in [-0.4, -0.2) is 29.2 Å². The van der Waals surface area contributed by atoms with Crippen LogP contribution >= 0.6 is 0 Å². The molecule has 3 N–H and O–H groups in total. The first-order chi connectivity index (χ1) is 7.70. The average Bonchev–Trinajstić information content (AvgIpc) is 3.05. The number of amides is 1. The fourth-order valence-corrected chi connectivity index (χ4v) is 1.56. The van der Waals surface area contributed by atoms with Gasteiger partial charge in [-0.1, -0.05) is 6.07 Å². The van der Waals surface area contributed by atoms with Crippen LogP contribution in [0.3, 0.4) is 0 Å². The number of carbonyl (C=O) groups excluding carboxylic acids is 1. The minimum absolute atomic E-state index is 0.201. The molecule has 0 radical (unpaired) electrons. The summed E-state index contributed by atoms with van der Waals surface area (Å²) >= 11 is 0. The molecule has 1 aliphatic carbocycles. The van der Waals surface area contributed by atoms with Crippen LogP contribution < -0.4 is 10.5 Å². The van der Waals surface area contributed by atoms with Gasteiger partial charge in [0.1, 0.15) is 5.69 Å². The monoisotopic (exact) mass is 222 g/mol. The van der Waals surface area contributed by atoms with Crippen LogP contribution in [0.2, 0.25) is 0 Å². The second-order valence-electron chi connectivity index (χ2n) is 3.97. The van der Waals surface area contributed by atoms with Crippen molar-refractivity contribution in [2.24, 2.45) is 17.6 Å². The molecule has 0 spiro atoms. The van der Waals surface area contributed by atoms with Crippen LogP contribution in [0.15, 0.2) is 18.2 Å². The van der Waals surface area contributed by atoms with Crippen molar-refractivity contribution >= 4 is 5.91 Å². The zero-order chi connectivity index (χ0) is 11.5. The van der Waals surface area contributed by atoms with E-state index in [-0.39, 0.29) is 12.3 Å². The molecule has 1 aromatic rings. The van der Waals surface area contributed by atoms with E-state index in [0.29, 0.717) is 24.3 Å². The topological polar surface area (TPSA) is 85.4 Å². The SMILES string of the molecule is NC(=O)c1cccc(OC[C@H]2C[C@@H]2CO)n1. The van der Waals surface area contributed by atoms with E-state index in [1.807, 2.05) is 0 Å². The molecule has 0 aliphatic heterocycles. The van der Waals surface area contributed by atoms with Gasteiger partial charge in [-0.05, 0) is 24.3 Å². The second kappa shape index (κ2) is 4.49. The van der Waals surface area contributed by atoms with Gasteiger partial charge in [-0.25, -0.2) is 4.98 Å². The van der Waals surface area contributed by atoms with E-state index in [0.717, 1.165) is 6.42 Å². The van der Waals surface area contributed by atoms with Gasteiger partial charge in [0.15, 0.2) is 0 Å². The second-order valence-corrected chi connectivity index (χ2v) is 3.97. The van der Waals surface area contributed by atoms with Crippen molar-refractivity contribution in [3.05, 3.63) is 23.9 Å². The number of hydrogen-bond donors (Lipinski definition) is 2. The molecule has 0 unspecified atom stereocenters. The zero-order valence-corrected chi connectivity index (χ0v) is 8.80. The zero-order valence-electron chi connectivity index (χ0n) is 8.80. The van der Waals surface area contributed by atoms with Crippen LogP contribution in [0.25, 0.3) is 0 Å². The Morgan fingerprint density at radius 1 is 1.56 bits per heavy atom. The molecule has 1 fully saturated rings. The fraction of sp³-hybridized carbons (Fsp3) is 0.455. The molecule has 1 heterocycles. The van der Waals surface area contributed by atoms with Crippen molar-refractivity contribution in [2.45, 2.75) is 6.42 Å². The molecule has 86 valence electrons. The number of aromatic nitrogens is 1. The molecular formula is C11H14N2O3. The number of nitrogens with zero attached hydrogens (tertiary/aromatic N) is 1. The quantitative estimate of drug-likeness (QED) is 0.744. The number of ether oxygens (including phenoxy) is 1. The maximum absolute atomic E-state index is 10.9. The molecule has 1 saturated carbocycles. The maximum atomic E-state index is 10.9. The van der Waals surface area contributed by atoms with Crippen molar-refractivity contribution in [3.8, 4) is 5.88 Å². The summed E-state index contributed by atoms with van der Waals surface area (Å²) in [7, 11) is 0. The Morgan fingerprint density at radius 2 is 2.38 bits per heavy atom. The number of hydrogen-bond acceptors (Lipinski definition) is 4. The Labute approximate surface area is 93.2 Å². The number of rotatable bonds is 5. The Hall–Kier alpha value is -1.62. The van der Waals surface area contributed by atoms with E-state index < -0.39 is 5.91 Å². The molecule has 1 aromatic heterocycles. The molecule has 1 amide bonds. The first-order valence-corrected chi connectivity index (χ1v) is 5.21. The van der Waals surface area contributed by atoms with Gasteiger partial charge in [-0.2, -0.15) is 0 Å². The van der Waals surface area contributed by atoms with E-state index in [9.17, 15) is 4.79 Å². The Bertz CT molecular complexity index is 395. The third kappa shape index (κ3) is 2.49. The van der Waals surface area contributed by atoms with Gasteiger partial charge in [0, 0.05) is 12.7 Å². The van der Waals surface area contributed by atoms with Gasteiger partial charge in [0.05, 0.1) is 6.61 Å². The standard InChI is InChI=1S/C11H14N2O3/c12-11(15)9-2-1-3-10(13-9)16-6-8-4-7(8)5-14/h1-3,7-8,14H,4-6H2,(H2,12,15)/t7-,8-/m1/s1. The largest absolute Gasteiger partial charge is 0.477 e. The highest BCUT2D eigenvalue weighted by atomic mass is 16.5. The van der Waals surface area contributed by atoms with Gasteiger partial charge in [-0.3, -0.25) is 4.79 Å².